The van der Waals surface area contributed by atoms with Gasteiger partial charge in [-0.25, -0.2) is 0 Å². The zero-order valence-electron chi connectivity index (χ0n) is 46.8. The van der Waals surface area contributed by atoms with Crippen LogP contribution in [0.3, 0.4) is 0 Å². The molecule has 5 rings (SSSR count). The number of rotatable bonds is 22. The molecule has 0 aromatic heterocycles. The molecular formula is C55H81N5O15. The summed E-state index contributed by atoms with van der Waals surface area (Å²) in [4.78, 5) is 112. The topological polar surface area (TPSA) is 265 Å². The molecule has 0 saturated carbocycles. The van der Waals surface area contributed by atoms with Crippen LogP contribution in [0.4, 0.5) is 0 Å². The molecule has 20 nitrogen and oxygen atoms in total. The maximum Gasteiger partial charge on any atom is 0.306 e. The largest absolute Gasteiger partial charge is 0.469 e. The van der Waals surface area contributed by atoms with Gasteiger partial charge in [0.1, 0.15) is 5.60 Å². The van der Waals surface area contributed by atoms with Crippen LogP contribution in [0.5, 0.6) is 0 Å². The van der Waals surface area contributed by atoms with E-state index in [4.69, 9.17) is 48.1 Å². The summed E-state index contributed by atoms with van der Waals surface area (Å²) in [5, 5.41) is 20.3. The van der Waals surface area contributed by atoms with Gasteiger partial charge in [0, 0.05) is 121 Å². The number of esters is 6. The van der Waals surface area contributed by atoms with Crippen LogP contribution < -0.4 is 10.6 Å². The number of allylic oxidation sites excluding steroid dienone is 4. The van der Waals surface area contributed by atoms with E-state index in [9.17, 15) is 38.7 Å². The molecule has 75 heavy (non-hydrogen) atoms. The van der Waals surface area contributed by atoms with Gasteiger partial charge in [-0.15, -0.1) is 0 Å². The van der Waals surface area contributed by atoms with E-state index in [2.05, 4.69) is 10.6 Å². The Labute approximate surface area is 441 Å². The molecule has 0 radical (unpaired) electrons. The third-order valence-electron chi connectivity index (χ3n) is 17.7. The Morgan fingerprint density at radius 3 is 1.80 bits per heavy atom. The number of aliphatic imine (C=N–C) groups is 3. The maximum atomic E-state index is 14.4. The SMILES string of the molecule is COCCCNC(=O)C[C@]1(C)/C2=C(\C)C3=N[C@@](C)(C4N=C(C(C)=C5N=C(C=C(N2)[C@@]1(O)CCC(=O)OC)C(C)(C)[C@@H]5CCC(=O)OC)[C@](C)(CCC(=O)OC)[C@H]4CC(=O)OC)[C@@](C)(CC(=O)OC)[C@@H]3CCC(=O)OC. The second-order valence-electron chi connectivity index (χ2n) is 22.0. The highest BCUT2D eigenvalue weighted by atomic mass is 16.5. The Balaban J connectivity index is 2.05. The lowest BCUT2D eigenvalue weighted by Gasteiger charge is -2.48. The fourth-order valence-electron chi connectivity index (χ4n) is 12.7. The number of fused-ring (bicyclic) bond motifs is 6. The quantitative estimate of drug-likeness (QED) is 0.0674. The molecule has 0 aromatic rings. The van der Waals surface area contributed by atoms with Gasteiger partial charge in [-0.1, -0.05) is 34.6 Å². The van der Waals surface area contributed by atoms with Crippen molar-refractivity contribution in [3.63, 3.8) is 0 Å². The molecule has 1 amide bonds. The summed E-state index contributed by atoms with van der Waals surface area (Å²) in [6.07, 6.45) is 1.42. The zero-order valence-corrected chi connectivity index (χ0v) is 46.8. The van der Waals surface area contributed by atoms with E-state index >= 15 is 0 Å². The van der Waals surface area contributed by atoms with E-state index in [1.54, 1.807) is 20.1 Å². The Hall–Kier alpha value is -5.76. The molecule has 5 aliphatic rings. The van der Waals surface area contributed by atoms with Crippen molar-refractivity contribution in [3.05, 3.63) is 34.3 Å². The monoisotopic (exact) mass is 1050 g/mol. The predicted octanol–water partition coefficient (Wildman–Crippen LogP) is 5.63. The third-order valence-corrected chi connectivity index (χ3v) is 17.7. The molecule has 8 bridgehead atoms. The summed E-state index contributed by atoms with van der Waals surface area (Å²) in [7, 11) is 9.30. The first-order chi connectivity index (χ1) is 35.2. The normalized spacial score (nSPS) is 31.4. The van der Waals surface area contributed by atoms with Crippen molar-refractivity contribution in [2.75, 3.05) is 62.9 Å². The van der Waals surface area contributed by atoms with E-state index in [0.717, 1.165) is 0 Å². The molecular weight excluding hydrogens is 971 g/mol. The first-order valence-corrected chi connectivity index (χ1v) is 25.8. The van der Waals surface area contributed by atoms with Crippen LogP contribution in [-0.2, 0) is 66.7 Å². The number of aliphatic hydroxyl groups is 1. The maximum absolute atomic E-state index is 14.4. The van der Waals surface area contributed by atoms with Crippen LogP contribution in [0.15, 0.2) is 49.3 Å². The summed E-state index contributed by atoms with van der Waals surface area (Å²) in [6, 6.07) is -0.946. The number of hydrogen-bond donors (Lipinski definition) is 3. The summed E-state index contributed by atoms with van der Waals surface area (Å²) in [5.41, 5.74) is -4.58. The first kappa shape index (κ1) is 60.1. The van der Waals surface area contributed by atoms with Crippen LogP contribution in [-0.4, -0.2) is 144 Å². The Morgan fingerprint density at radius 1 is 0.693 bits per heavy atom. The molecule has 3 N–H and O–H groups in total. The van der Waals surface area contributed by atoms with Gasteiger partial charge in [0.25, 0.3) is 0 Å². The van der Waals surface area contributed by atoms with E-state index in [-0.39, 0.29) is 82.9 Å². The number of methoxy groups -OCH3 is 7. The Morgan fingerprint density at radius 2 is 1.24 bits per heavy atom. The molecule has 0 aromatic carbocycles. The Kier molecular flexibility index (Phi) is 18.9. The minimum absolute atomic E-state index is 0.0137. The second-order valence-corrected chi connectivity index (χ2v) is 22.0. The van der Waals surface area contributed by atoms with Gasteiger partial charge >= 0.3 is 35.8 Å². The molecule has 20 heteroatoms. The van der Waals surface area contributed by atoms with Crippen molar-refractivity contribution in [1.29, 1.82) is 0 Å². The average molecular weight is 1050 g/mol. The van der Waals surface area contributed by atoms with Crippen LogP contribution in [0.1, 0.15) is 132 Å². The number of nitrogens with zero attached hydrogens (tertiary/aromatic N) is 3. The zero-order chi connectivity index (χ0) is 56.1. The lowest BCUT2D eigenvalue weighted by molar-refractivity contribution is -0.147. The minimum atomic E-state index is -2.01. The lowest BCUT2D eigenvalue weighted by Crippen LogP contribution is -2.55. The molecule has 5 heterocycles. The average Bonchev–Trinajstić information content (AvgIpc) is 3.97. The van der Waals surface area contributed by atoms with Crippen molar-refractivity contribution in [2.45, 2.75) is 150 Å². The smallest absolute Gasteiger partial charge is 0.306 e. The van der Waals surface area contributed by atoms with Gasteiger partial charge in [-0.3, -0.25) is 48.5 Å². The van der Waals surface area contributed by atoms with Crippen LogP contribution in [0.25, 0.3) is 0 Å². The van der Waals surface area contributed by atoms with Gasteiger partial charge in [0.15, 0.2) is 0 Å². The minimum Gasteiger partial charge on any atom is -0.469 e. The summed E-state index contributed by atoms with van der Waals surface area (Å²) in [6.45, 7) is 15.8. The molecule has 1 saturated heterocycles. The number of nitrogens with one attached hydrogen (secondary N) is 2. The number of ether oxygens (including phenoxy) is 7. The van der Waals surface area contributed by atoms with E-state index < -0.39 is 98.3 Å². The first-order valence-electron chi connectivity index (χ1n) is 25.8. The van der Waals surface area contributed by atoms with Crippen molar-refractivity contribution in [3.8, 4) is 0 Å². The highest BCUT2D eigenvalue weighted by Gasteiger charge is 2.67. The van der Waals surface area contributed by atoms with Gasteiger partial charge in [0.2, 0.25) is 5.91 Å². The summed E-state index contributed by atoms with van der Waals surface area (Å²) >= 11 is 0. The molecule has 5 aliphatic heterocycles. The predicted molar refractivity (Wildman–Crippen MR) is 277 cm³/mol. The van der Waals surface area contributed by atoms with Crippen LogP contribution in [0, 0.1) is 39.4 Å². The molecule has 9 atom stereocenters. The van der Waals surface area contributed by atoms with Gasteiger partial charge in [-0.2, -0.15) is 0 Å². The summed E-state index contributed by atoms with van der Waals surface area (Å²) < 4.78 is 36.7. The van der Waals surface area contributed by atoms with Crippen LogP contribution in [0.2, 0.25) is 0 Å². The van der Waals surface area contributed by atoms with E-state index in [1.807, 2.05) is 48.5 Å². The molecule has 1 fully saturated rings. The van der Waals surface area contributed by atoms with Crippen molar-refractivity contribution in [1.82, 2.24) is 10.6 Å². The molecule has 0 spiro atoms. The molecule has 0 aliphatic carbocycles. The van der Waals surface area contributed by atoms with E-state index in [0.29, 0.717) is 52.7 Å². The molecule has 1 unspecified atom stereocenters. The highest BCUT2D eigenvalue weighted by Crippen LogP contribution is 2.63. The fraction of sp³-hybridized carbons (Fsp3) is 0.709. The van der Waals surface area contributed by atoms with Crippen molar-refractivity contribution >= 4 is 58.9 Å². The van der Waals surface area contributed by atoms with Crippen LogP contribution >= 0.6 is 0 Å². The number of carbonyl (C=O) groups is 7. The molecule has 416 valence electrons. The van der Waals surface area contributed by atoms with Crippen molar-refractivity contribution < 1.29 is 71.8 Å². The Bertz CT molecular complexity index is 2470. The van der Waals surface area contributed by atoms with E-state index in [1.165, 1.54) is 42.7 Å². The number of hydrogen-bond acceptors (Lipinski definition) is 19. The highest BCUT2D eigenvalue weighted by molar-refractivity contribution is 6.10. The summed E-state index contributed by atoms with van der Waals surface area (Å²) in [5.74, 6) is -5.60. The fourth-order valence-corrected chi connectivity index (χ4v) is 12.7. The number of amides is 1. The van der Waals surface area contributed by atoms with Gasteiger partial charge in [-0.05, 0) is 70.1 Å². The number of carbonyl (C=O) groups excluding carboxylic acids is 7. The third kappa shape index (κ3) is 11.2. The standard InChI is InChI=1S/C55H81N5O15/c1-31-45-33(17-19-39(62)70-10)50(3,4)36(57-45)28-37-55(68,24-22-42(65)73-13)53(7,29-38(61)56-25-16-26-69-9)48(58-37)32(2)46-34(18-20-40(63)71-11)52(6,30-44(67)75-15)54(8,60-46)49-35(27-43(66)74-14)51(5,47(31)59-49)23-21-41(64)72-12/h28,33-35,49,58,68H,16-27,29-30H2,1-15H3,(H,56,61)/b37-28?,45-31?,48-32-/t33-,34-,35+,49?,51-,52+,53-,54+,55+/m1/s1. The lowest BCUT2D eigenvalue weighted by atomic mass is 9.55. The van der Waals surface area contributed by atoms with Gasteiger partial charge < -0.3 is 48.9 Å². The van der Waals surface area contributed by atoms with Gasteiger partial charge in [0.05, 0.1) is 72.5 Å². The van der Waals surface area contributed by atoms with Crippen molar-refractivity contribution in [2.24, 2.45) is 54.4 Å². The second kappa shape index (κ2) is 23.6.